The van der Waals surface area contributed by atoms with Crippen molar-refractivity contribution in [2.45, 2.75) is 52.0 Å². The van der Waals surface area contributed by atoms with E-state index in [1.54, 1.807) is 0 Å². The van der Waals surface area contributed by atoms with Gasteiger partial charge in [-0.15, -0.1) is 0 Å². The minimum absolute atomic E-state index is 0.655. The number of hydrogen-bond acceptors (Lipinski definition) is 2. The molecule has 0 spiro atoms. The summed E-state index contributed by atoms with van der Waals surface area (Å²) in [5.41, 5.74) is 5.84. The van der Waals surface area contributed by atoms with Crippen LogP contribution in [0.4, 0.5) is 0 Å². The smallest absolute Gasteiger partial charge is 0.0218 e. The lowest BCUT2D eigenvalue weighted by Crippen LogP contribution is -2.44. The molecule has 0 aromatic rings. The first-order valence-electron chi connectivity index (χ1n) is 6.22. The molecule has 1 saturated heterocycles. The number of nitrogens with two attached hydrogens (primary N) is 1. The van der Waals surface area contributed by atoms with Crippen LogP contribution < -0.4 is 5.73 Å². The summed E-state index contributed by atoms with van der Waals surface area (Å²) in [6.07, 6.45) is 6.64. The average Bonchev–Trinajstić information content (AvgIpc) is 2.21. The van der Waals surface area contributed by atoms with Gasteiger partial charge in [0.1, 0.15) is 0 Å². The first-order chi connectivity index (χ1) is 6.77. The highest BCUT2D eigenvalue weighted by atomic mass is 15.2. The molecule has 1 aliphatic heterocycles. The Morgan fingerprint density at radius 1 is 1.36 bits per heavy atom. The van der Waals surface area contributed by atoms with E-state index in [2.05, 4.69) is 18.7 Å². The highest BCUT2D eigenvalue weighted by molar-refractivity contribution is 4.77. The van der Waals surface area contributed by atoms with Crippen molar-refractivity contribution in [1.82, 2.24) is 4.90 Å². The van der Waals surface area contributed by atoms with Crippen LogP contribution in [0.2, 0.25) is 0 Å². The summed E-state index contributed by atoms with van der Waals surface area (Å²) in [7, 11) is 0. The first kappa shape index (κ1) is 12.0. The molecule has 0 aromatic carbocycles. The molecule has 2 N–H and O–H groups in total. The quantitative estimate of drug-likeness (QED) is 0.734. The summed E-state index contributed by atoms with van der Waals surface area (Å²) in [6, 6.07) is 0.655. The molecule has 1 rings (SSSR count). The van der Waals surface area contributed by atoms with E-state index < -0.39 is 0 Å². The van der Waals surface area contributed by atoms with Gasteiger partial charge in [0.25, 0.3) is 0 Å². The van der Waals surface area contributed by atoms with Crippen molar-refractivity contribution in [2.75, 3.05) is 19.6 Å². The zero-order chi connectivity index (χ0) is 10.4. The Morgan fingerprint density at radius 3 is 2.50 bits per heavy atom. The van der Waals surface area contributed by atoms with Crippen molar-refractivity contribution in [2.24, 2.45) is 11.7 Å². The molecule has 2 nitrogen and oxygen atoms in total. The maximum atomic E-state index is 5.84. The normalized spacial score (nSPS) is 22.5. The van der Waals surface area contributed by atoms with Crippen LogP contribution in [0.25, 0.3) is 0 Å². The Labute approximate surface area is 88.8 Å². The van der Waals surface area contributed by atoms with Gasteiger partial charge in [-0.3, -0.25) is 4.90 Å². The first-order valence-corrected chi connectivity index (χ1v) is 6.22. The summed E-state index contributed by atoms with van der Waals surface area (Å²) >= 11 is 0. The molecular formula is C12H26N2. The molecule has 0 radical (unpaired) electrons. The Kier molecular flexibility index (Phi) is 5.49. The van der Waals surface area contributed by atoms with Gasteiger partial charge < -0.3 is 5.73 Å². The summed E-state index contributed by atoms with van der Waals surface area (Å²) in [5.74, 6) is 0.927. The van der Waals surface area contributed by atoms with Gasteiger partial charge >= 0.3 is 0 Å². The lowest BCUT2D eigenvalue weighted by atomic mass is 9.96. The molecule has 14 heavy (non-hydrogen) atoms. The third kappa shape index (κ3) is 3.58. The second kappa shape index (κ2) is 6.41. The Hall–Kier alpha value is -0.0800. The number of piperidine rings is 1. The Bertz CT molecular complexity index is 137. The second-order valence-corrected chi connectivity index (χ2v) is 4.75. The summed E-state index contributed by atoms with van der Waals surface area (Å²) < 4.78 is 0. The number of unbranched alkanes of at least 4 members (excludes halogenated alkanes) is 1. The van der Waals surface area contributed by atoms with Crippen LogP contribution in [0.15, 0.2) is 0 Å². The highest BCUT2D eigenvalue weighted by Gasteiger charge is 2.21. The fourth-order valence-corrected chi connectivity index (χ4v) is 2.28. The van der Waals surface area contributed by atoms with E-state index in [0.717, 1.165) is 12.5 Å². The predicted molar refractivity (Wildman–Crippen MR) is 62.3 cm³/mol. The number of rotatable bonds is 5. The van der Waals surface area contributed by atoms with E-state index in [-0.39, 0.29) is 0 Å². The zero-order valence-corrected chi connectivity index (χ0v) is 9.84. The third-order valence-corrected chi connectivity index (χ3v) is 3.50. The van der Waals surface area contributed by atoms with E-state index in [1.807, 2.05) is 0 Å². The van der Waals surface area contributed by atoms with Crippen LogP contribution in [-0.2, 0) is 0 Å². The minimum atomic E-state index is 0.655. The molecule has 0 aliphatic carbocycles. The van der Waals surface area contributed by atoms with Gasteiger partial charge in [-0.25, -0.2) is 0 Å². The van der Waals surface area contributed by atoms with Crippen molar-refractivity contribution in [3.8, 4) is 0 Å². The van der Waals surface area contributed by atoms with Gasteiger partial charge in [-0.05, 0) is 38.3 Å². The molecule has 1 heterocycles. The summed E-state index contributed by atoms with van der Waals surface area (Å²) in [6.45, 7) is 8.00. The predicted octanol–water partition coefficient (Wildman–Crippen LogP) is 2.24. The molecule has 84 valence electrons. The lowest BCUT2D eigenvalue weighted by Gasteiger charge is -2.36. The van der Waals surface area contributed by atoms with Crippen LogP contribution in [0.5, 0.6) is 0 Å². The van der Waals surface area contributed by atoms with Gasteiger partial charge in [0.15, 0.2) is 0 Å². The van der Waals surface area contributed by atoms with E-state index in [0.29, 0.717) is 6.04 Å². The fraction of sp³-hybridized carbons (Fsp3) is 1.00. The van der Waals surface area contributed by atoms with Crippen LogP contribution in [0.1, 0.15) is 46.0 Å². The van der Waals surface area contributed by atoms with Crippen molar-refractivity contribution < 1.29 is 0 Å². The maximum Gasteiger partial charge on any atom is 0.0218 e. The monoisotopic (exact) mass is 198 g/mol. The molecular weight excluding hydrogens is 172 g/mol. The third-order valence-electron chi connectivity index (χ3n) is 3.50. The molecule has 1 fully saturated rings. The molecule has 1 aliphatic rings. The van der Waals surface area contributed by atoms with Crippen LogP contribution >= 0.6 is 0 Å². The Morgan fingerprint density at radius 2 is 2.00 bits per heavy atom. The molecule has 1 unspecified atom stereocenters. The van der Waals surface area contributed by atoms with Gasteiger partial charge in [-0.1, -0.05) is 26.7 Å². The molecule has 0 amide bonds. The summed E-state index contributed by atoms with van der Waals surface area (Å²) in [5, 5.41) is 0. The van der Waals surface area contributed by atoms with Gasteiger partial charge in [0, 0.05) is 12.6 Å². The van der Waals surface area contributed by atoms with Crippen molar-refractivity contribution in [3.05, 3.63) is 0 Å². The van der Waals surface area contributed by atoms with E-state index in [1.165, 1.54) is 45.2 Å². The van der Waals surface area contributed by atoms with Gasteiger partial charge in [0.05, 0.1) is 0 Å². The van der Waals surface area contributed by atoms with Crippen LogP contribution in [-0.4, -0.2) is 30.6 Å². The van der Waals surface area contributed by atoms with E-state index in [9.17, 15) is 0 Å². The highest BCUT2D eigenvalue weighted by Crippen LogP contribution is 2.19. The second-order valence-electron chi connectivity index (χ2n) is 4.75. The molecule has 0 aromatic heterocycles. The largest absolute Gasteiger partial charge is 0.329 e. The molecule has 0 saturated carbocycles. The average molecular weight is 198 g/mol. The van der Waals surface area contributed by atoms with E-state index >= 15 is 0 Å². The Balaban J connectivity index is 2.29. The number of likely N-dealkylation sites (tertiary alicyclic amines) is 1. The van der Waals surface area contributed by atoms with E-state index in [4.69, 9.17) is 5.73 Å². The van der Waals surface area contributed by atoms with Gasteiger partial charge in [-0.2, -0.15) is 0 Å². The minimum Gasteiger partial charge on any atom is -0.329 e. The van der Waals surface area contributed by atoms with Crippen LogP contribution in [0.3, 0.4) is 0 Å². The van der Waals surface area contributed by atoms with Crippen molar-refractivity contribution >= 4 is 0 Å². The topological polar surface area (TPSA) is 29.3 Å². The maximum absolute atomic E-state index is 5.84. The zero-order valence-electron chi connectivity index (χ0n) is 9.84. The number of hydrogen-bond donors (Lipinski definition) is 1. The fourth-order valence-electron chi connectivity index (χ4n) is 2.28. The summed E-state index contributed by atoms with van der Waals surface area (Å²) in [4.78, 5) is 2.61. The van der Waals surface area contributed by atoms with Crippen molar-refractivity contribution in [3.63, 3.8) is 0 Å². The lowest BCUT2D eigenvalue weighted by molar-refractivity contribution is 0.133. The molecule has 1 atom stereocenters. The number of nitrogens with zero attached hydrogens (tertiary/aromatic N) is 1. The SMILES string of the molecule is CCCCC(CN)N1CCC(C)CC1. The van der Waals surface area contributed by atoms with Gasteiger partial charge in [0.2, 0.25) is 0 Å². The van der Waals surface area contributed by atoms with Crippen LogP contribution in [0, 0.1) is 5.92 Å². The standard InChI is InChI=1S/C12H26N2/c1-3-4-5-12(10-13)14-8-6-11(2)7-9-14/h11-12H,3-10,13H2,1-2H3. The van der Waals surface area contributed by atoms with Crippen molar-refractivity contribution in [1.29, 1.82) is 0 Å². The molecule has 2 heteroatoms. The molecule has 0 bridgehead atoms.